The van der Waals surface area contributed by atoms with E-state index in [0.29, 0.717) is 5.56 Å². The number of hydrogen-bond acceptors (Lipinski definition) is 4. The number of rotatable bonds is 3. The minimum atomic E-state index is -0.661. The topological polar surface area (TPSA) is 70.3 Å². The Morgan fingerprint density at radius 2 is 2.24 bits per heavy atom. The maximum absolute atomic E-state index is 11.5. The van der Waals surface area contributed by atoms with Gasteiger partial charge in [-0.05, 0) is 37.6 Å². The molecule has 0 aliphatic heterocycles. The summed E-state index contributed by atoms with van der Waals surface area (Å²) in [5.74, 6) is -0.584. The molecule has 0 aliphatic rings. The van der Waals surface area contributed by atoms with Crippen molar-refractivity contribution < 1.29 is 14.6 Å². The van der Waals surface area contributed by atoms with Gasteiger partial charge in [0.1, 0.15) is 17.4 Å². The summed E-state index contributed by atoms with van der Waals surface area (Å²) in [6.45, 7) is 3.42. The number of aromatic hydroxyl groups is 1. The summed E-state index contributed by atoms with van der Waals surface area (Å²) in [6, 6.07) is 8.06. The third kappa shape index (κ3) is 3.99. The van der Waals surface area contributed by atoms with Crippen LogP contribution in [-0.4, -0.2) is 17.2 Å². The molecule has 1 aromatic carbocycles. The zero-order valence-electron chi connectivity index (χ0n) is 9.68. The molecule has 0 amide bonds. The van der Waals surface area contributed by atoms with E-state index in [1.54, 1.807) is 32.0 Å². The van der Waals surface area contributed by atoms with E-state index in [2.05, 4.69) is 0 Å². The van der Waals surface area contributed by atoms with Gasteiger partial charge in [0.05, 0.1) is 6.10 Å². The number of carbonyl (C=O) groups is 1. The molecule has 4 heteroatoms. The molecule has 0 bridgehead atoms. The molecule has 0 unspecified atom stereocenters. The molecule has 0 saturated carbocycles. The number of phenolic OH excluding ortho intramolecular Hbond substituents is 1. The van der Waals surface area contributed by atoms with Crippen LogP contribution in [0.2, 0.25) is 0 Å². The van der Waals surface area contributed by atoms with Gasteiger partial charge in [-0.25, -0.2) is 4.79 Å². The highest BCUT2D eigenvalue weighted by Gasteiger charge is 2.12. The van der Waals surface area contributed by atoms with Crippen molar-refractivity contribution in [1.29, 1.82) is 5.26 Å². The van der Waals surface area contributed by atoms with Gasteiger partial charge in [0.15, 0.2) is 0 Å². The quantitative estimate of drug-likeness (QED) is 0.492. The number of nitriles is 1. The predicted molar refractivity (Wildman–Crippen MR) is 62.9 cm³/mol. The Labute approximate surface area is 99.8 Å². The van der Waals surface area contributed by atoms with Crippen LogP contribution in [-0.2, 0) is 9.53 Å². The van der Waals surface area contributed by atoms with Crippen molar-refractivity contribution in [3.63, 3.8) is 0 Å². The van der Waals surface area contributed by atoms with E-state index in [4.69, 9.17) is 10.00 Å². The largest absolute Gasteiger partial charge is 0.508 e. The number of ether oxygens (including phenoxy) is 1. The lowest BCUT2D eigenvalue weighted by atomic mass is 10.1. The van der Waals surface area contributed by atoms with Crippen LogP contribution < -0.4 is 0 Å². The number of hydrogen-bond donors (Lipinski definition) is 1. The second-order valence-electron chi connectivity index (χ2n) is 3.72. The Kier molecular flexibility index (Phi) is 4.29. The van der Waals surface area contributed by atoms with Crippen molar-refractivity contribution in [3.8, 4) is 11.8 Å². The average molecular weight is 231 g/mol. The van der Waals surface area contributed by atoms with E-state index in [1.807, 2.05) is 0 Å². The van der Waals surface area contributed by atoms with E-state index >= 15 is 0 Å². The Balaban J connectivity index is 2.95. The van der Waals surface area contributed by atoms with Crippen LogP contribution in [0, 0.1) is 11.3 Å². The number of nitrogens with zero attached hydrogens (tertiary/aromatic N) is 1. The van der Waals surface area contributed by atoms with Crippen LogP contribution in [0.25, 0.3) is 6.08 Å². The molecular formula is C13H13NO3. The van der Waals surface area contributed by atoms with Crippen molar-refractivity contribution in [2.24, 2.45) is 0 Å². The van der Waals surface area contributed by atoms with Crippen molar-refractivity contribution in [3.05, 3.63) is 35.4 Å². The number of carbonyl (C=O) groups excluding carboxylic acids is 1. The number of esters is 1. The highest BCUT2D eigenvalue weighted by Crippen LogP contribution is 2.14. The van der Waals surface area contributed by atoms with Gasteiger partial charge in [-0.2, -0.15) is 5.26 Å². The third-order valence-corrected chi connectivity index (χ3v) is 1.86. The summed E-state index contributed by atoms with van der Waals surface area (Å²) in [4.78, 5) is 11.5. The minimum Gasteiger partial charge on any atom is -0.508 e. The molecule has 0 fully saturated rings. The van der Waals surface area contributed by atoms with Crippen molar-refractivity contribution >= 4 is 12.0 Å². The Morgan fingerprint density at radius 3 is 2.76 bits per heavy atom. The zero-order chi connectivity index (χ0) is 12.8. The zero-order valence-corrected chi connectivity index (χ0v) is 9.68. The molecule has 0 aromatic heterocycles. The lowest BCUT2D eigenvalue weighted by molar-refractivity contribution is -0.142. The predicted octanol–water partition coefficient (Wildman–Crippen LogP) is 2.25. The van der Waals surface area contributed by atoms with Gasteiger partial charge >= 0.3 is 5.97 Å². The van der Waals surface area contributed by atoms with Crippen LogP contribution in [0.4, 0.5) is 0 Å². The molecule has 1 N–H and O–H groups in total. The first-order chi connectivity index (χ1) is 8.02. The van der Waals surface area contributed by atoms with E-state index in [1.165, 1.54) is 18.2 Å². The summed E-state index contributed by atoms with van der Waals surface area (Å²) in [7, 11) is 0. The smallest absolute Gasteiger partial charge is 0.349 e. The fraction of sp³-hybridized carbons (Fsp3) is 0.231. The maximum atomic E-state index is 11.5. The molecule has 0 radical (unpaired) electrons. The Morgan fingerprint density at radius 1 is 1.53 bits per heavy atom. The monoisotopic (exact) mass is 231 g/mol. The standard InChI is InChI=1S/C13H13NO3/c1-9(2)17-13(16)11(8-14)6-10-4-3-5-12(15)7-10/h3-7,9,15H,1-2H3. The van der Waals surface area contributed by atoms with Gasteiger partial charge in [-0.3, -0.25) is 0 Å². The first-order valence-corrected chi connectivity index (χ1v) is 5.14. The highest BCUT2D eigenvalue weighted by molar-refractivity contribution is 5.98. The maximum Gasteiger partial charge on any atom is 0.349 e. The second kappa shape index (κ2) is 5.71. The summed E-state index contributed by atoms with van der Waals surface area (Å²) < 4.78 is 4.91. The molecule has 88 valence electrons. The SMILES string of the molecule is CC(C)OC(=O)C(C#N)=Cc1cccc(O)c1. The van der Waals surface area contributed by atoms with Gasteiger partial charge < -0.3 is 9.84 Å². The molecule has 0 saturated heterocycles. The van der Waals surface area contributed by atoms with Gasteiger partial charge in [0.2, 0.25) is 0 Å². The molecule has 1 aromatic rings. The van der Waals surface area contributed by atoms with Crippen molar-refractivity contribution in [2.45, 2.75) is 20.0 Å². The van der Waals surface area contributed by atoms with Crippen LogP contribution >= 0.6 is 0 Å². The molecule has 0 aliphatic carbocycles. The van der Waals surface area contributed by atoms with E-state index < -0.39 is 5.97 Å². The van der Waals surface area contributed by atoms with Crippen LogP contribution in [0.3, 0.4) is 0 Å². The van der Waals surface area contributed by atoms with Crippen LogP contribution in [0.15, 0.2) is 29.8 Å². The lowest BCUT2D eigenvalue weighted by Crippen LogP contribution is -2.12. The fourth-order valence-electron chi connectivity index (χ4n) is 1.20. The van der Waals surface area contributed by atoms with Crippen LogP contribution in [0.1, 0.15) is 19.4 Å². The number of phenols is 1. The Bertz CT molecular complexity index is 484. The van der Waals surface area contributed by atoms with Gasteiger partial charge in [-0.15, -0.1) is 0 Å². The molecule has 0 atom stereocenters. The minimum absolute atomic E-state index is 0.0771. The molecular weight excluding hydrogens is 218 g/mol. The van der Waals surface area contributed by atoms with Gasteiger partial charge in [-0.1, -0.05) is 12.1 Å². The Hall–Kier alpha value is -2.28. The van der Waals surface area contributed by atoms with Gasteiger partial charge in [0.25, 0.3) is 0 Å². The fourth-order valence-corrected chi connectivity index (χ4v) is 1.20. The average Bonchev–Trinajstić information content (AvgIpc) is 2.24. The van der Waals surface area contributed by atoms with Gasteiger partial charge in [0, 0.05) is 0 Å². The first-order valence-electron chi connectivity index (χ1n) is 5.14. The van der Waals surface area contributed by atoms with Crippen LogP contribution in [0.5, 0.6) is 5.75 Å². The third-order valence-electron chi connectivity index (χ3n) is 1.86. The lowest BCUT2D eigenvalue weighted by Gasteiger charge is -2.06. The normalized spacial score (nSPS) is 11.1. The first kappa shape index (κ1) is 12.8. The number of benzene rings is 1. The van der Waals surface area contributed by atoms with Crippen molar-refractivity contribution in [2.75, 3.05) is 0 Å². The van der Waals surface area contributed by atoms with E-state index in [-0.39, 0.29) is 17.4 Å². The van der Waals surface area contributed by atoms with E-state index in [0.717, 1.165) is 0 Å². The second-order valence-corrected chi connectivity index (χ2v) is 3.72. The summed E-state index contributed by atoms with van der Waals surface area (Å²) in [5, 5.41) is 18.1. The molecule has 17 heavy (non-hydrogen) atoms. The summed E-state index contributed by atoms with van der Waals surface area (Å²) >= 11 is 0. The highest BCUT2D eigenvalue weighted by atomic mass is 16.5. The van der Waals surface area contributed by atoms with E-state index in [9.17, 15) is 9.90 Å². The molecule has 4 nitrogen and oxygen atoms in total. The molecule has 0 spiro atoms. The van der Waals surface area contributed by atoms with Crippen molar-refractivity contribution in [1.82, 2.24) is 0 Å². The molecule has 0 heterocycles. The summed E-state index contributed by atoms with van der Waals surface area (Å²) in [5.41, 5.74) is 0.478. The summed E-state index contributed by atoms with van der Waals surface area (Å²) in [6.07, 6.45) is 1.10. The molecule has 1 rings (SSSR count).